The van der Waals surface area contributed by atoms with Gasteiger partial charge in [0.15, 0.2) is 0 Å². The first-order valence-electron chi connectivity index (χ1n) is 9.20. The van der Waals surface area contributed by atoms with E-state index in [4.69, 9.17) is 15.6 Å². The van der Waals surface area contributed by atoms with Gasteiger partial charge in [0.05, 0.1) is 23.5 Å². The summed E-state index contributed by atoms with van der Waals surface area (Å²) in [7, 11) is 1.64. The van der Waals surface area contributed by atoms with Gasteiger partial charge in [0.2, 0.25) is 0 Å². The van der Waals surface area contributed by atoms with Crippen LogP contribution in [0.2, 0.25) is 0 Å². The van der Waals surface area contributed by atoms with Crippen molar-refractivity contribution in [2.45, 2.75) is 13.2 Å². The highest BCUT2D eigenvalue weighted by molar-refractivity contribution is 5.98. The maximum atomic E-state index is 12.7. The van der Waals surface area contributed by atoms with E-state index in [0.717, 1.165) is 27.8 Å². The van der Waals surface area contributed by atoms with Crippen LogP contribution in [0.1, 0.15) is 21.6 Å². The Balaban J connectivity index is 1.66. The zero-order valence-corrected chi connectivity index (χ0v) is 16.0. The predicted octanol–water partition coefficient (Wildman–Crippen LogP) is 3.08. The molecule has 0 saturated carbocycles. The molecule has 2 heterocycles. The Kier molecular flexibility index (Phi) is 5.22. The van der Waals surface area contributed by atoms with Crippen LogP contribution in [0.5, 0.6) is 0 Å². The van der Waals surface area contributed by atoms with E-state index in [0.29, 0.717) is 24.5 Å². The molecule has 0 aliphatic carbocycles. The molecule has 146 valence electrons. The van der Waals surface area contributed by atoms with Crippen LogP contribution >= 0.6 is 0 Å². The van der Waals surface area contributed by atoms with Gasteiger partial charge in [-0.25, -0.2) is 9.67 Å². The normalized spacial score (nSPS) is 10.9. The molecule has 0 aliphatic heterocycles. The summed E-state index contributed by atoms with van der Waals surface area (Å²) in [5.41, 5.74) is 9.74. The van der Waals surface area contributed by atoms with Crippen molar-refractivity contribution in [2.75, 3.05) is 12.8 Å². The second kappa shape index (κ2) is 8.12. The molecule has 7 nitrogen and oxygen atoms in total. The highest BCUT2D eigenvalue weighted by Gasteiger charge is 2.15. The Morgan fingerprint density at radius 1 is 1.14 bits per heavy atom. The number of hydrogen-bond donors (Lipinski definition) is 2. The largest absolute Gasteiger partial charge is 0.384 e. The summed E-state index contributed by atoms with van der Waals surface area (Å²) < 4.78 is 7.13. The maximum absolute atomic E-state index is 12.7. The minimum atomic E-state index is -0.170. The second-order valence-electron chi connectivity index (χ2n) is 6.63. The van der Waals surface area contributed by atoms with Gasteiger partial charge in [-0.05, 0) is 42.0 Å². The molecule has 29 heavy (non-hydrogen) atoms. The Labute approximate surface area is 168 Å². The predicted molar refractivity (Wildman–Crippen MR) is 112 cm³/mol. The third kappa shape index (κ3) is 3.95. The summed E-state index contributed by atoms with van der Waals surface area (Å²) in [5.74, 6) is 0.256. The standard InChI is InChI=1S/C22H21N5O2/c1-29-14-19-18-8-7-16(22(28)25-13-15-9-10-24-21(23)11-15)12-20(18)27(26-19)17-5-3-2-4-6-17/h2-12H,13-14H2,1H3,(H2,23,24)(H,25,28). The van der Waals surface area contributed by atoms with Crippen molar-refractivity contribution >= 4 is 22.6 Å². The number of benzene rings is 2. The van der Waals surface area contributed by atoms with Crippen LogP contribution in [0, 0.1) is 0 Å². The summed E-state index contributed by atoms with van der Waals surface area (Å²) in [5, 5.41) is 8.57. The third-order valence-electron chi connectivity index (χ3n) is 4.60. The molecule has 3 N–H and O–H groups in total. The average molecular weight is 387 g/mol. The number of carbonyl (C=O) groups excluding carboxylic acids is 1. The van der Waals surface area contributed by atoms with Crippen LogP contribution < -0.4 is 11.1 Å². The van der Waals surface area contributed by atoms with Gasteiger partial charge >= 0.3 is 0 Å². The summed E-state index contributed by atoms with van der Waals surface area (Å²) >= 11 is 0. The van der Waals surface area contributed by atoms with Crippen molar-refractivity contribution in [1.82, 2.24) is 20.1 Å². The number of nitrogen functional groups attached to an aromatic ring is 1. The molecule has 0 aliphatic rings. The minimum Gasteiger partial charge on any atom is -0.384 e. The number of carbonyl (C=O) groups is 1. The zero-order valence-electron chi connectivity index (χ0n) is 16.0. The number of nitrogens with two attached hydrogens (primary N) is 1. The molecule has 2 aromatic carbocycles. The number of para-hydroxylation sites is 1. The molecule has 0 bridgehead atoms. The van der Waals surface area contributed by atoms with Crippen LogP contribution in [0.15, 0.2) is 66.9 Å². The number of methoxy groups -OCH3 is 1. The van der Waals surface area contributed by atoms with E-state index in [1.165, 1.54) is 0 Å². The van der Waals surface area contributed by atoms with Gasteiger partial charge < -0.3 is 15.8 Å². The van der Waals surface area contributed by atoms with Gasteiger partial charge in [-0.3, -0.25) is 4.79 Å². The van der Waals surface area contributed by atoms with E-state index in [-0.39, 0.29) is 5.91 Å². The number of hydrogen-bond acceptors (Lipinski definition) is 5. The molecular formula is C22H21N5O2. The molecule has 4 aromatic rings. The molecule has 0 saturated heterocycles. The molecule has 0 fully saturated rings. The lowest BCUT2D eigenvalue weighted by molar-refractivity contribution is 0.0951. The van der Waals surface area contributed by atoms with Crippen LogP contribution in [-0.2, 0) is 17.9 Å². The van der Waals surface area contributed by atoms with Crippen LogP contribution in [0.25, 0.3) is 16.6 Å². The smallest absolute Gasteiger partial charge is 0.251 e. The van der Waals surface area contributed by atoms with Crippen LogP contribution in [0.3, 0.4) is 0 Å². The molecular weight excluding hydrogens is 366 g/mol. The van der Waals surface area contributed by atoms with Crippen molar-refractivity contribution in [2.24, 2.45) is 0 Å². The zero-order chi connectivity index (χ0) is 20.2. The monoisotopic (exact) mass is 387 g/mol. The van der Waals surface area contributed by atoms with Gasteiger partial charge in [-0.1, -0.05) is 24.3 Å². The summed E-state index contributed by atoms with van der Waals surface area (Å²) in [4.78, 5) is 16.7. The fourth-order valence-corrected chi connectivity index (χ4v) is 3.22. The molecule has 4 rings (SSSR count). The number of fused-ring (bicyclic) bond motifs is 1. The first kappa shape index (κ1) is 18.6. The first-order chi connectivity index (χ1) is 14.2. The van der Waals surface area contributed by atoms with E-state index in [1.54, 1.807) is 25.4 Å². The first-order valence-corrected chi connectivity index (χ1v) is 9.20. The number of anilines is 1. The maximum Gasteiger partial charge on any atom is 0.251 e. The van der Waals surface area contributed by atoms with E-state index < -0.39 is 0 Å². The molecule has 0 atom stereocenters. The Morgan fingerprint density at radius 3 is 2.72 bits per heavy atom. The van der Waals surface area contributed by atoms with Crippen molar-refractivity contribution in [1.29, 1.82) is 0 Å². The van der Waals surface area contributed by atoms with Crippen LogP contribution in [0.4, 0.5) is 5.82 Å². The molecule has 0 unspecified atom stereocenters. The number of ether oxygens (including phenoxy) is 1. The molecule has 7 heteroatoms. The number of amides is 1. The third-order valence-corrected chi connectivity index (χ3v) is 4.60. The average Bonchev–Trinajstić information content (AvgIpc) is 3.11. The topological polar surface area (TPSA) is 95.1 Å². The number of nitrogens with zero attached hydrogens (tertiary/aromatic N) is 3. The van der Waals surface area contributed by atoms with Gasteiger partial charge in [-0.2, -0.15) is 5.10 Å². The SMILES string of the molecule is COCc1nn(-c2ccccc2)c2cc(C(=O)NCc3ccnc(N)c3)ccc12. The number of rotatable bonds is 6. The second-order valence-corrected chi connectivity index (χ2v) is 6.63. The van der Waals surface area contributed by atoms with E-state index >= 15 is 0 Å². The quantitative estimate of drug-likeness (QED) is 0.530. The van der Waals surface area contributed by atoms with E-state index in [2.05, 4.69) is 10.3 Å². The Bertz CT molecular complexity index is 1150. The number of aromatic nitrogens is 3. The van der Waals surface area contributed by atoms with Crippen molar-refractivity contribution in [3.63, 3.8) is 0 Å². The summed E-state index contributed by atoms with van der Waals surface area (Å²) in [6.45, 7) is 0.766. The Morgan fingerprint density at radius 2 is 1.97 bits per heavy atom. The van der Waals surface area contributed by atoms with Gasteiger partial charge in [-0.15, -0.1) is 0 Å². The lowest BCUT2D eigenvalue weighted by Crippen LogP contribution is -2.22. The highest BCUT2D eigenvalue weighted by Crippen LogP contribution is 2.24. The van der Waals surface area contributed by atoms with Gasteiger partial charge in [0.25, 0.3) is 5.91 Å². The number of pyridine rings is 1. The van der Waals surface area contributed by atoms with Crippen LogP contribution in [-0.4, -0.2) is 27.8 Å². The van der Waals surface area contributed by atoms with Crippen molar-refractivity contribution in [3.05, 3.63) is 83.7 Å². The van der Waals surface area contributed by atoms with Crippen molar-refractivity contribution in [3.8, 4) is 5.69 Å². The molecule has 0 radical (unpaired) electrons. The highest BCUT2D eigenvalue weighted by atomic mass is 16.5. The van der Waals surface area contributed by atoms with E-state index in [9.17, 15) is 4.79 Å². The summed E-state index contributed by atoms with van der Waals surface area (Å²) in [6.07, 6.45) is 1.62. The van der Waals surface area contributed by atoms with Crippen molar-refractivity contribution < 1.29 is 9.53 Å². The Hall–Kier alpha value is -3.71. The molecule has 0 spiro atoms. The molecule has 2 aromatic heterocycles. The van der Waals surface area contributed by atoms with Gasteiger partial charge in [0.1, 0.15) is 5.82 Å². The summed E-state index contributed by atoms with van der Waals surface area (Å²) in [6, 6.07) is 18.9. The number of nitrogens with one attached hydrogen (secondary N) is 1. The lowest BCUT2D eigenvalue weighted by Gasteiger charge is -2.07. The molecule has 1 amide bonds. The fraction of sp³-hybridized carbons (Fsp3) is 0.136. The van der Waals surface area contributed by atoms with E-state index in [1.807, 2.05) is 53.2 Å². The lowest BCUT2D eigenvalue weighted by atomic mass is 10.1. The van der Waals surface area contributed by atoms with Gasteiger partial charge in [0, 0.05) is 30.8 Å². The fourth-order valence-electron chi connectivity index (χ4n) is 3.22. The minimum absolute atomic E-state index is 0.170.